The monoisotopic (exact) mass is 806 g/mol. The number of rotatable bonds is 8. The summed E-state index contributed by atoms with van der Waals surface area (Å²) in [6, 6.07) is 76.5. The highest BCUT2D eigenvalue weighted by atomic mass is 14.9. The van der Waals surface area contributed by atoms with Crippen LogP contribution >= 0.6 is 0 Å². The third kappa shape index (κ3) is 6.54. The molecule has 0 bridgehead atoms. The fraction of sp³-hybridized carbons (Fsp3) is 0.0656. The maximum Gasteiger partial charge on any atom is 0.131 e. The average molecular weight is 807 g/mol. The molecule has 2 heteroatoms. The lowest BCUT2D eigenvalue weighted by Gasteiger charge is -2.26. The number of nitrogens with zero attached hydrogens (tertiary/aromatic N) is 1. The highest BCUT2D eigenvalue weighted by Gasteiger charge is 2.39. The number of allylic oxidation sites excluding steroid dienone is 1. The Morgan fingerprint density at radius 2 is 0.921 bits per heavy atom. The van der Waals surface area contributed by atoms with E-state index in [0.29, 0.717) is 12.3 Å². The van der Waals surface area contributed by atoms with Crippen LogP contribution in [0.15, 0.2) is 223 Å². The van der Waals surface area contributed by atoms with Crippen LogP contribution in [0.25, 0.3) is 82.5 Å². The van der Waals surface area contributed by atoms with E-state index in [2.05, 4.69) is 202 Å². The van der Waals surface area contributed by atoms with E-state index in [-0.39, 0.29) is 5.41 Å². The molecule has 300 valence electrons. The number of aliphatic imine (C=N–C) groups is 1. The van der Waals surface area contributed by atoms with Gasteiger partial charge in [-0.1, -0.05) is 232 Å². The first-order chi connectivity index (χ1) is 31.0. The Bertz CT molecular complexity index is 3450. The van der Waals surface area contributed by atoms with Gasteiger partial charge in [0.2, 0.25) is 0 Å². The molecule has 0 amide bonds. The lowest BCUT2D eigenvalue weighted by Crippen LogP contribution is -2.17. The van der Waals surface area contributed by atoms with Crippen LogP contribution in [0.2, 0.25) is 0 Å². The van der Waals surface area contributed by atoms with Gasteiger partial charge in [-0.3, -0.25) is 0 Å². The fourth-order valence-electron chi connectivity index (χ4n) is 10.3. The summed E-state index contributed by atoms with van der Waals surface area (Å²) in [6.45, 7) is 4.81. The van der Waals surface area contributed by atoms with Crippen molar-refractivity contribution in [2.75, 3.05) is 0 Å². The summed E-state index contributed by atoms with van der Waals surface area (Å²) in [7, 11) is 0. The molecule has 2 nitrogen and oxygen atoms in total. The highest BCUT2D eigenvalue weighted by Crippen LogP contribution is 2.55. The van der Waals surface area contributed by atoms with Gasteiger partial charge in [-0.25, -0.2) is 4.99 Å². The SMILES string of the molecule is CC1(C)c2c(cccc2-c2ccc(-c3ccc(/C(=C/Cc4ccccc4-c4ccccc4)N=C(N)c4ccccc4)c4ccccc34)c3ccccc23)-c2ccc3ccccc3c21. The maximum atomic E-state index is 6.82. The Kier molecular flexibility index (Phi) is 9.43. The van der Waals surface area contributed by atoms with Gasteiger partial charge in [-0.15, -0.1) is 0 Å². The maximum absolute atomic E-state index is 6.82. The largest absolute Gasteiger partial charge is 0.383 e. The third-order valence-electron chi connectivity index (χ3n) is 13.2. The molecule has 63 heavy (non-hydrogen) atoms. The van der Waals surface area contributed by atoms with Gasteiger partial charge >= 0.3 is 0 Å². The Balaban J connectivity index is 1.05. The molecular weight excluding hydrogens is 761 g/mol. The highest BCUT2D eigenvalue weighted by molar-refractivity contribution is 6.13. The van der Waals surface area contributed by atoms with E-state index in [4.69, 9.17) is 10.7 Å². The van der Waals surface area contributed by atoms with Crippen LogP contribution in [-0.2, 0) is 11.8 Å². The summed E-state index contributed by atoms with van der Waals surface area (Å²) in [5, 5.41) is 7.38. The minimum Gasteiger partial charge on any atom is -0.383 e. The van der Waals surface area contributed by atoms with Crippen molar-refractivity contribution in [2.24, 2.45) is 10.7 Å². The van der Waals surface area contributed by atoms with Gasteiger partial charge in [-0.05, 0) is 99.9 Å². The number of nitrogens with two attached hydrogens (primary N) is 1. The minimum atomic E-state index is -0.185. The van der Waals surface area contributed by atoms with Crippen LogP contribution in [-0.4, -0.2) is 5.84 Å². The zero-order chi connectivity index (χ0) is 42.5. The Labute approximate surface area is 369 Å². The molecule has 0 aromatic heterocycles. The van der Waals surface area contributed by atoms with Crippen molar-refractivity contribution in [2.45, 2.75) is 25.7 Å². The molecule has 0 heterocycles. The van der Waals surface area contributed by atoms with Crippen LogP contribution in [0.1, 0.15) is 41.7 Å². The predicted octanol–water partition coefficient (Wildman–Crippen LogP) is 15.4. The van der Waals surface area contributed by atoms with E-state index in [0.717, 1.165) is 22.2 Å². The molecule has 2 N–H and O–H groups in total. The lowest BCUT2D eigenvalue weighted by atomic mass is 9.76. The first-order valence-corrected chi connectivity index (χ1v) is 21.9. The average Bonchev–Trinajstić information content (AvgIpc) is 3.59. The van der Waals surface area contributed by atoms with Crippen molar-refractivity contribution in [3.8, 4) is 44.5 Å². The number of hydrogen-bond donors (Lipinski definition) is 1. The zero-order valence-electron chi connectivity index (χ0n) is 35.5. The van der Waals surface area contributed by atoms with Crippen molar-refractivity contribution in [1.29, 1.82) is 0 Å². The lowest BCUT2D eigenvalue weighted by molar-refractivity contribution is 0.668. The molecule has 0 saturated carbocycles. The van der Waals surface area contributed by atoms with Crippen molar-refractivity contribution in [3.05, 3.63) is 246 Å². The summed E-state index contributed by atoms with van der Waals surface area (Å²) in [4.78, 5) is 5.21. The number of hydrogen-bond acceptors (Lipinski definition) is 1. The van der Waals surface area contributed by atoms with Crippen molar-refractivity contribution < 1.29 is 0 Å². The standard InChI is InChI=1S/C61H46N2/c1-61(2)58-45-25-12-10-21-42(45)32-34-56(58)55-31-17-30-54(59(55)61)52-36-35-50(46-26-13-14-27-47(46)52)51-37-38-53(49-29-16-15-28-48(49)51)57(63-60(62)43-22-7-4-8-23-43)39-33-41-20-9-11-24-44(41)40-18-5-3-6-19-40/h3-32,34-39H,33H2,1-2H3,(H2,62,63)/b57-39-. The van der Waals surface area contributed by atoms with Crippen LogP contribution in [0.4, 0.5) is 0 Å². The molecular formula is C61H46N2. The van der Waals surface area contributed by atoms with Crippen LogP contribution < -0.4 is 5.73 Å². The van der Waals surface area contributed by atoms with Crippen LogP contribution in [0.5, 0.6) is 0 Å². The second-order valence-electron chi connectivity index (χ2n) is 17.2. The predicted molar refractivity (Wildman–Crippen MR) is 268 cm³/mol. The van der Waals surface area contributed by atoms with Crippen molar-refractivity contribution >= 4 is 43.9 Å². The molecule has 0 unspecified atom stereocenters. The topological polar surface area (TPSA) is 38.4 Å². The second-order valence-corrected chi connectivity index (χ2v) is 17.2. The minimum absolute atomic E-state index is 0.185. The smallest absolute Gasteiger partial charge is 0.131 e. The van der Waals surface area contributed by atoms with E-state index in [1.54, 1.807) is 0 Å². The number of fused-ring (bicyclic) bond motifs is 7. The molecule has 1 aliphatic rings. The van der Waals surface area contributed by atoms with Crippen LogP contribution in [0.3, 0.4) is 0 Å². The molecule has 0 atom stereocenters. The molecule has 0 radical (unpaired) electrons. The summed E-state index contributed by atoms with van der Waals surface area (Å²) >= 11 is 0. The summed E-state index contributed by atoms with van der Waals surface area (Å²) in [6.07, 6.45) is 2.93. The quantitative estimate of drug-likeness (QED) is 0.121. The van der Waals surface area contributed by atoms with E-state index in [1.807, 2.05) is 30.3 Å². The Morgan fingerprint density at radius 1 is 0.429 bits per heavy atom. The van der Waals surface area contributed by atoms with Gasteiger partial charge in [-0.2, -0.15) is 0 Å². The van der Waals surface area contributed by atoms with Gasteiger partial charge in [0.25, 0.3) is 0 Å². The second kappa shape index (κ2) is 15.6. The van der Waals surface area contributed by atoms with Gasteiger partial charge in [0.05, 0.1) is 5.70 Å². The molecule has 10 aromatic carbocycles. The number of benzene rings is 10. The summed E-state index contributed by atoms with van der Waals surface area (Å²) < 4.78 is 0. The summed E-state index contributed by atoms with van der Waals surface area (Å²) in [5.74, 6) is 0.486. The van der Waals surface area contributed by atoms with E-state index >= 15 is 0 Å². The summed E-state index contributed by atoms with van der Waals surface area (Å²) in [5.41, 5.74) is 23.5. The number of amidine groups is 1. The zero-order valence-corrected chi connectivity index (χ0v) is 35.5. The van der Waals surface area contributed by atoms with Crippen molar-refractivity contribution in [3.63, 3.8) is 0 Å². The molecule has 1 aliphatic carbocycles. The first kappa shape index (κ1) is 38.1. The van der Waals surface area contributed by atoms with Gasteiger partial charge in [0.15, 0.2) is 0 Å². The van der Waals surface area contributed by atoms with Gasteiger partial charge in [0, 0.05) is 16.5 Å². The Hall–Kier alpha value is -7.81. The van der Waals surface area contributed by atoms with E-state index in [9.17, 15) is 0 Å². The molecule has 0 spiro atoms. The first-order valence-electron chi connectivity index (χ1n) is 21.9. The van der Waals surface area contributed by atoms with E-state index in [1.165, 1.54) is 88.1 Å². The molecule has 10 aromatic rings. The Morgan fingerprint density at radius 3 is 1.63 bits per heavy atom. The fourth-order valence-corrected chi connectivity index (χ4v) is 10.3. The van der Waals surface area contributed by atoms with Crippen molar-refractivity contribution in [1.82, 2.24) is 0 Å². The van der Waals surface area contributed by atoms with Gasteiger partial charge < -0.3 is 5.73 Å². The molecule has 0 saturated heterocycles. The molecule has 11 rings (SSSR count). The van der Waals surface area contributed by atoms with E-state index < -0.39 is 0 Å². The molecule has 0 fully saturated rings. The normalized spacial score (nSPS) is 13.4. The third-order valence-corrected chi connectivity index (χ3v) is 13.2. The van der Waals surface area contributed by atoms with Crippen LogP contribution in [0, 0.1) is 0 Å². The van der Waals surface area contributed by atoms with Gasteiger partial charge in [0.1, 0.15) is 5.84 Å². The molecule has 0 aliphatic heterocycles.